The fourth-order valence-electron chi connectivity index (χ4n) is 2.81. The van der Waals surface area contributed by atoms with Crippen LogP contribution < -0.4 is 5.32 Å². The SMILES string of the molecule is CC(C)(C)OC(=O)Nc1cc(C#N)cc(CCC(O)CN(CCO)C(=O)OC(C)(C)C)c1Cl. The van der Waals surface area contributed by atoms with Crippen LogP contribution >= 0.6 is 11.6 Å². The Bertz CT molecular complexity index is 871. The summed E-state index contributed by atoms with van der Waals surface area (Å²) in [4.78, 5) is 25.7. The van der Waals surface area contributed by atoms with Gasteiger partial charge in [0.2, 0.25) is 0 Å². The summed E-state index contributed by atoms with van der Waals surface area (Å²) < 4.78 is 10.5. The summed E-state index contributed by atoms with van der Waals surface area (Å²) in [5.74, 6) is 0. The van der Waals surface area contributed by atoms with Gasteiger partial charge in [-0.2, -0.15) is 5.26 Å². The average Bonchev–Trinajstić information content (AvgIpc) is 2.65. The fraction of sp³-hybridized carbons (Fsp3) is 0.609. The first-order valence-electron chi connectivity index (χ1n) is 10.6. The van der Waals surface area contributed by atoms with E-state index >= 15 is 0 Å². The van der Waals surface area contributed by atoms with Crippen LogP contribution in [0.3, 0.4) is 0 Å². The largest absolute Gasteiger partial charge is 0.444 e. The van der Waals surface area contributed by atoms with Crippen LogP contribution in [0.15, 0.2) is 12.1 Å². The van der Waals surface area contributed by atoms with Crippen molar-refractivity contribution in [3.63, 3.8) is 0 Å². The lowest BCUT2D eigenvalue weighted by molar-refractivity contribution is 0.0103. The normalized spacial score (nSPS) is 12.5. The molecule has 1 rings (SSSR count). The standard InChI is InChI=1S/C23H34ClN3O6/c1-22(2,3)32-20(30)26-18-12-15(13-25)11-16(19(18)24)7-8-17(29)14-27(9-10-28)21(31)33-23(4,5)6/h11-12,17,28-29H,7-10,14H2,1-6H3,(H,26,30). The quantitative estimate of drug-likeness (QED) is 0.507. The van der Waals surface area contributed by atoms with Crippen molar-refractivity contribution < 1.29 is 29.3 Å². The topological polar surface area (TPSA) is 132 Å². The molecule has 1 atom stereocenters. The number of aliphatic hydroxyl groups excluding tert-OH is 2. The molecule has 10 heteroatoms. The van der Waals surface area contributed by atoms with Crippen molar-refractivity contribution in [1.82, 2.24) is 4.90 Å². The number of hydrogen-bond donors (Lipinski definition) is 3. The lowest BCUT2D eigenvalue weighted by Crippen LogP contribution is -2.42. The van der Waals surface area contributed by atoms with Crippen LogP contribution in [-0.2, 0) is 15.9 Å². The number of rotatable bonds is 8. The van der Waals surface area contributed by atoms with Crippen molar-refractivity contribution in [3.05, 3.63) is 28.3 Å². The Morgan fingerprint density at radius 2 is 1.79 bits per heavy atom. The molecular weight excluding hydrogens is 450 g/mol. The highest BCUT2D eigenvalue weighted by atomic mass is 35.5. The Labute approximate surface area is 200 Å². The number of amides is 2. The third-order valence-corrected chi connectivity index (χ3v) is 4.56. The number of carbonyl (C=O) groups excluding carboxylic acids is 2. The van der Waals surface area contributed by atoms with E-state index in [0.29, 0.717) is 5.56 Å². The number of ether oxygens (including phenoxy) is 2. The number of hydrogen-bond acceptors (Lipinski definition) is 7. The minimum atomic E-state index is -0.937. The number of aliphatic hydroxyl groups is 2. The van der Waals surface area contributed by atoms with E-state index in [-0.39, 0.29) is 48.8 Å². The highest BCUT2D eigenvalue weighted by Crippen LogP contribution is 2.30. The molecule has 2 amide bonds. The van der Waals surface area contributed by atoms with Gasteiger partial charge in [-0.05, 0) is 72.1 Å². The van der Waals surface area contributed by atoms with Gasteiger partial charge in [0, 0.05) is 6.54 Å². The van der Waals surface area contributed by atoms with Crippen LogP contribution in [0.1, 0.15) is 59.1 Å². The number of nitriles is 1. The van der Waals surface area contributed by atoms with Crippen LogP contribution in [0.25, 0.3) is 0 Å². The molecule has 0 aliphatic heterocycles. The van der Waals surface area contributed by atoms with E-state index in [9.17, 15) is 25.1 Å². The maximum atomic E-state index is 12.3. The number of halogens is 1. The molecule has 0 radical (unpaired) electrons. The number of nitrogens with one attached hydrogen (secondary N) is 1. The first-order chi connectivity index (χ1) is 15.1. The molecule has 9 nitrogen and oxygen atoms in total. The predicted molar refractivity (Wildman–Crippen MR) is 125 cm³/mol. The zero-order valence-corrected chi connectivity index (χ0v) is 20.8. The van der Waals surface area contributed by atoms with Crippen molar-refractivity contribution in [2.45, 2.75) is 71.7 Å². The third kappa shape index (κ3) is 10.7. The Morgan fingerprint density at radius 1 is 1.18 bits per heavy atom. The summed E-state index contributed by atoms with van der Waals surface area (Å²) >= 11 is 6.44. The summed E-state index contributed by atoms with van der Waals surface area (Å²) in [5.41, 5.74) is -0.355. The van der Waals surface area contributed by atoms with Crippen molar-refractivity contribution in [2.24, 2.45) is 0 Å². The molecule has 0 bridgehead atoms. The lowest BCUT2D eigenvalue weighted by Gasteiger charge is -2.28. The van der Waals surface area contributed by atoms with Gasteiger partial charge in [0.25, 0.3) is 0 Å². The van der Waals surface area contributed by atoms with Crippen LogP contribution in [0, 0.1) is 11.3 Å². The maximum absolute atomic E-state index is 12.3. The van der Waals surface area contributed by atoms with E-state index < -0.39 is 29.5 Å². The van der Waals surface area contributed by atoms with Crippen LogP contribution in [0.4, 0.5) is 15.3 Å². The Hall–Kier alpha value is -2.54. The highest BCUT2D eigenvalue weighted by Gasteiger charge is 2.24. The lowest BCUT2D eigenvalue weighted by atomic mass is 10.0. The second-order valence-electron chi connectivity index (χ2n) is 9.58. The van der Waals surface area contributed by atoms with Gasteiger partial charge in [-0.15, -0.1) is 0 Å². The molecule has 0 aliphatic rings. The minimum absolute atomic E-state index is 0.0145. The van der Waals surface area contributed by atoms with Crippen molar-refractivity contribution >= 4 is 29.5 Å². The zero-order valence-electron chi connectivity index (χ0n) is 20.1. The predicted octanol–water partition coefficient (Wildman–Crippen LogP) is 4.08. The molecule has 1 aromatic carbocycles. The molecule has 1 unspecified atom stereocenters. The Balaban J connectivity index is 2.91. The van der Waals surface area contributed by atoms with E-state index in [1.54, 1.807) is 47.6 Å². The number of anilines is 1. The Kier molecular flexibility index (Phi) is 10.4. The van der Waals surface area contributed by atoms with Gasteiger partial charge in [0.05, 0.1) is 41.6 Å². The summed E-state index contributed by atoms with van der Waals surface area (Å²) in [7, 11) is 0. The molecule has 0 aliphatic carbocycles. The maximum Gasteiger partial charge on any atom is 0.412 e. The molecule has 0 aromatic heterocycles. The van der Waals surface area contributed by atoms with Gasteiger partial charge in [0.1, 0.15) is 11.2 Å². The summed E-state index contributed by atoms with van der Waals surface area (Å²) in [6, 6.07) is 5.04. The second-order valence-corrected chi connectivity index (χ2v) is 9.96. The molecule has 184 valence electrons. The number of carbonyl (C=O) groups is 2. The van der Waals surface area contributed by atoms with Crippen LogP contribution in [0.5, 0.6) is 0 Å². The minimum Gasteiger partial charge on any atom is -0.444 e. The van der Waals surface area contributed by atoms with Crippen molar-refractivity contribution in [1.29, 1.82) is 5.26 Å². The summed E-state index contributed by atoms with van der Waals surface area (Å²) in [6.45, 7) is 10.1. The van der Waals surface area contributed by atoms with Gasteiger partial charge >= 0.3 is 12.2 Å². The first kappa shape index (κ1) is 28.5. The van der Waals surface area contributed by atoms with Crippen molar-refractivity contribution in [3.8, 4) is 6.07 Å². The van der Waals surface area contributed by atoms with Gasteiger partial charge in [0.15, 0.2) is 0 Å². The molecular formula is C23H34ClN3O6. The van der Waals surface area contributed by atoms with Gasteiger partial charge in [-0.3, -0.25) is 5.32 Å². The Morgan fingerprint density at radius 3 is 2.30 bits per heavy atom. The monoisotopic (exact) mass is 483 g/mol. The summed E-state index contributed by atoms with van der Waals surface area (Å²) in [6.07, 6.45) is -1.79. The molecule has 33 heavy (non-hydrogen) atoms. The number of nitrogens with zero attached hydrogens (tertiary/aromatic N) is 2. The zero-order chi connectivity index (χ0) is 25.4. The van der Waals surface area contributed by atoms with E-state index in [0.717, 1.165) is 0 Å². The number of benzene rings is 1. The van der Waals surface area contributed by atoms with Gasteiger partial charge in [-0.25, -0.2) is 9.59 Å². The first-order valence-corrected chi connectivity index (χ1v) is 11.0. The molecule has 0 saturated carbocycles. The molecule has 1 aromatic rings. The molecule has 0 fully saturated rings. The van der Waals surface area contributed by atoms with Gasteiger partial charge in [-0.1, -0.05) is 11.6 Å². The van der Waals surface area contributed by atoms with E-state index in [1.807, 2.05) is 6.07 Å². The molecule has 0 saturated heterocycles. The van der Waals surface area contributed by atoms with Crippen molar-refractivity contribution in [2.75, 3.05) is 25.0 Å². The molecule has 0 spiro atoms. The molecule has 3 N–H and O–H groups in total. The average molecular weight is 484 g/mol. The third-order valence-electron chi connectivity index (χ3n) is 4.11. The van der Waals surface area contributed by atoms with E-state index in [1.165, 1.54) is 11.0 Å². The van der Waals surface area contributed by atoms with Gasteiger partial charge < -0.3 is 24.6 Å². The van der Waals surface area contributed by atoms with E-state index in [2.05, 4.69) is 5.32 Å². The molecule has 0 heterocycles. The summed E-state index contributed by atoms with van der Waals surface area (Å²) in [5, 5.41) is 31.9. The van der Waals surface area contributed by atoms with E-state index in [4.69, 9.17) is 21.1 Å². The second kappa shape index (κ2) is 12.1. The highest BCUT2D eigenvalue weighted by molar-refractivity contribution is 6.34. The van der Waals surface area contributed by atoms with Crippen LogP contribution in [-0.4, -0.2) is 64.3 Å². The fourth-order valence-corrected chi connectivity index (χ4v) is 3.06. The number of aryl methyl sites for hydroxylation is 1. The smallest absolute Gasteiger partial charge is 0.412 e. The van der Waals surface area contributed by atoms with Crippen LogP contribution in [0.2, 0.25) is 5.02 Å².